The maximum Gasteiger partial charge on any atom is 0.270 e. The topological polar surface area (TPSA) is 54.7 Å². The van der Waals surface area contributed by atoms with Crippen molar-refractivity contribution in [3.05, 3.63) is 24.0 Å². The molecule has 5 nitrogen and oxygen atoms in total. The lowest BCUT2D eigenvalue weighted by Crippen LogP contribution is -2.38. The number of methoxy groups -OCH3 is 1. The van der Waals surface area contributed by atoms with Crippen molar-refractivity contribution in [3.63, 3.8) is 0 Å². The van der Waals surface area contributed by atoms with Crippen LogP contribution in [0.2, 0.25) is 0 Å². The molecule has 1 N–H and O–H groups in total. The molecule has 18 heavy (non-hydrogen) atoms. The van der Waals surface area contributed by atoms with Crippen molar-refractivity contribution in [1.29, 1.82) is 0 Å². The number of hydrogen-bond acceptors (Lipinski definition) is 3. The number of carbonyl (C=O) groups excluding carboxylic acids is 1. The third-order valence-corrected chi connectivity index (χ3v) is 3.43. The summed E-state index contributed by atoms with van der Waals surface area (Å²) in [5.74, 6) is 0.00709. The fourth-order valence-electron chi connectivity index (χ4n) is 2.43. The highest BCUT2D eigenvalue weighted by Crippen LogP contribution is 2.20. The maximum absolute atomic E-state index is 12.4. The first-order valence-corrected chi connectivity index (χ1v) is 6.34. The Bertz CT molecular complexity index is 403. The molecule has 1 amide bonds. The van der Waals surface area contributed by atoms with Crippen LogP contribution in [-0.2, 0) is 11.3 Å². The molecule has 0 radical (unpaired) electrons. The number of aliphatic hydroxyl groups is 1. The third-order valence-electron chi connectivity index (χ3n) is 3.43. The Morgan fingerprint density at radius 3 is 3.17 bits per heavy atom. The molecule has 0 bridgehead atoms. The van der Waals surface area contributed by atoms with E-state index in [0.29, 0.717) is 18.8 Å². The zero-order valence-electron chi connectivity index (χ0n) is 10.7. The second-order valence-corrected chi connectivity index (χ2v) is 4.56. The first kappa shape index (κ1) is 13.1. The van der Waals surface area contributed by atoms with Crippen molar-refractivity contribution in [2.24, 2.45) is 0 Å². The highest BCUT2D eigenvalue weighted by atomic mass is 16.5. The SMILES string of the molecule is COCCn1cccc1C(=O)N1CCC[C@H]1CO. The standard InChI is InChI=1S/C13H20N2O3/c1-18-9-8-14-6-3-5-12(14)13(17)15-7-2-4-11(15)10-16/h3,5-6,11,16H,2,4,7-10H2,1H3/t11-/m0/s1. The Balaban J connectivity index is 2.10. The second-order valence-electron chi connectivity index (χ2n) is 4.56. The fraction of sp³-hybridized carbons (Fsp3) is 0.615. The monoisotopic (exact) mass is 252 g/mol. The van der Waals surface area contributed by atoms with Crippen molar-refractivity contribution in [2.45, 2.75) is 25.4 Å². The van der Waals surface area contributed by atoms with Crippen LogP contribution in [0, 0.1) is 0 Å². The van der Waals surface area contributed by atoms with Crippen LogP contribution in [0.3, 0.4) is 0 Å². The highest BCUT2D eigenvalue weighted by Gasteiger charge is 2.29. The molecule has 1 saturated heterocycles. The number of ether oxygens (including phenoxy) is 1. The maximum atomic E-state index is 12.4. The molecule has 1 aromatic heterocycles. The minimum absolute atomic E-state index is 0.00709. The fourth-order valence-corrected chi connectivity index (χ4v) is 2.43. The van der Waals surface area contributed by atoms with Crippen LogP contribution in [0.4, 0.5) is 0 Å². The van der Waals surface area contributed by atoms with Crippen LogP contribution < -0.4 is 0 Å². The molecule has 1 atom stereocenters. The molecule has 5 heteroatoms. The van der Waals surface area contributed by atoms with Gasteiger partial charge in [-0.05, 0) is 25.0 Å². The molecule has 0 aromatic carbocycles. The van der Waals surface area contributed by atoms with E-state index in [9.17, 15) is 9.90 Å². The lowest BCUT2D eigenvalue weighted by Gasteiger charge is -2.23. The van der Waals surface area contributed by atoms with Crippen LogP contribution in [0.1, 0.15) is 23.3 Å². The molecular weight excluding hydrogens is 232 g/mol. The molecule has 2 heterocycles. The van der Waals surface area contributed by atoms with Gasteiger partial charge in [-0.3, -0.25) is 4.79 Å². The zero-order chi connectivity index (χ0) is 13.0. The summed E-state index contributed by atoms with van der Waals surface area (Å²) in [7, 11) is 1.65. The van der Waals surface area contributed by atoms with Crippen LogP contribution in [0.25, 0.3) is 0 Å². The van der Waals surface area contributed by atoms with E-state index < -0.39 is 0 Å². The number of nitrogens with zero attached hydrogens (tertiary/aromatic N) is 2. The first-order valence-electron chi connectivity index (χ1n) is 6.34. The molecule has 100 valence electrons. The van der Waals surface area contributed by atoms with Crippen LogP contribution in [0.5, 0.6) is 0 Å². The minimum Gasteiger partial charge on any atom is -0.394 e. The summed E-state index contributed by atoms with van der Waals surface area (Å²) in [6, 6.07) is 3.67. The van der Waals surface area contributed by atoms with Gasteiger partial charge in [-0.25, -0.2) is 0 Å². The summed E-state index contributed by atoms with van der Waals surface area (Å²) in [4.78, 5) is 14.2. The van der Waals surface area contributed by atoms with Crippen molar-refractivity contribution < 1.29 is 14.6 Å². The van der Waals surface area contributed by atoms with Crippen molar-refractivity contribution >= 4 is 5.91 Å². The smallest absolute Gasteiger partial charge is 0.270 e. The molecule has 0 saturated carbocycles. The molecule has 1 aromatic rings. The van der Waals surface area contributed by atoms with Gasteiger partial charge in [-0.1, -0.05) is 0 Å². The Hall–Kier alpha value is -1.33. The summed E-state index contributed by atoms with van der Waals surface area (Å²) in [6.07, 6.45) is 3.74. The molecule has 1 aliphatic heterocycles. The number of carbonyl (C=O) groups is 1. The zero-order valence-corrected chi connectivity index (χ0v) is 10.7. The predicted octanol–water partition coefficient (Wildman–Crippen LogP) is 0.731. The molecule has 0 aliphatic carbocycles. The van der Waals surface area contributed by atoms with Gasteiger partial charge in [-0.2, -0.15) is 0 Å². The van der Waals surface area contributed by atoms with Crippen molar-refractivity contribution in [3.8, 4) is 0 Å². The Kier molecular flexibility index (Phi) is 4.38. The van der Waals surface area contributed by atoms with Gasteiger partial charge in [0.15, 0.2) is 0 Å². The third kappa shape index (κ3) is 2.57. The van der Waals surface area contributed by atoms with Gasteiger partial charge in [0, 0.05) is 26.4 Å². The van der Waals surface area contributed by atoms with Gasteiger partial charge >= 0.3 is 0 Å². The number of aromatic nitrogens is 1. The van der Waals surface area contributed by atoms with Gasteiger partial charge in [0.1, 0.15) is 5.69 Å². The van der Waals surface area contributed by atoms with Crippen molar-refractivity contribution in [2.75, 3.05) is 26.9 Å². The first-order chi connectivity index (χ1) is 8.77. The van der Waals surface area contributed by atoms with E-state index in [1.165, 1.54) is 0 Å². The average molecular weight is 252 g/mol. The highest BCUT2D eigenvalue weighted by molar-refractivity contribution is 5.93. The number of likely N-dealkylation sites (tertiary alicyclic amines) is 1. The molecule has 1 fully saturated rings. The summed E-state index contributed by atoms with van der Waals surface area (Å²) < 4.78 is 6.93. The quantitative estimate of drug-likeness (QED) is 0.840. The number of amides is 1. The lowest BCUT2D eigenvalue weighted by molar-refractivity contribution is 0.0664. The van der Waals surface area contributed by atoms with Gasteiger partial charge in [0.05, 0.1) is 19.3 Å². The van der Waals surface area contributed by atoms with Gasteiger partial charge in [0.25, 0.3) is 5.91 Å². The van der Waals surface area contributed by atoms with E-state index in [0.717, 1.165) is 19.4 Å². The second kappa shape index (κ2) is 6.02. The van der Waals surface area contributed by atoms with Gasteiger partial charge < -0.3 is 19.3 Å². The van der Waals surface area contributed by atoms with E-state index in [1.54, 1.807) is 12.0 Å². The van der Waals surface area contributed by atoms with Gasteiger partial charge in [-0.15, -0.1) is 0 Å². The van der Waals surface area contributed by atoms with Crippen LogP contribution in [0.15, 0.2) is 18.3 Å². The average Bonchev–Trinajstić information content (AvgIpc) is 3.03. The molecule has 0 unspecified atom stereocenters. The molecular formula is C13H20N2O3. The number of hydrogen-bond donors (Lipinski definition) is 1. The van der Waals surface area contributed by atoms with E-state index in [4.69, 9.17) is 4.74 Å². The van der Waals surface area contributed by atoms with Crippen LogP contribution >= 0.6 is 0 Å². The molecule has 1 aliphatic rings. The molecule has 0 spiro atoms. The summed E-state index contributed by atoms with van der Waals surface area (Å²) in [6.45, 7) is 2.03. The Morgan fingerprint density at radius 1 is 1.61 bits per heavy atom. The van der Waals surface area contributed by atoms with E-state index in [2.05, 4.69) is 0 Å². The Morgan fingerprint density at radius 2 is 2.44 bits per heavy atom. The Labute approximate surface area is 107 Å². The van der Waals surface area contributed by atoms with Crippen LogP contribution in [-0.4, -0.2) is 53.4 Å². The predicted molar refractivity (Wildman–Crippen MR) is 67.5 cm³/mol. The number of aliphatic hydroxyl groups excluding tert-OH is 1. The molecule has 2 rings (SSSR count). The normalized spacial score (nSPS) is 19.4. The minimum atomic E-state index is -0.0247. The van der Waals surface area contributed by atoms with E-state index >= 15 is 0 Å². The largest absolute Gasteiger partial charge is 0.394 e. The number of rotatable bonds is 5. The summed E-state index contributed by atoms with van der Waals surface area (Å²) in [5, 5.41) is 9.27. The summed E-state index contributed by atoms with van der Waals surface area (Å²) in [5.41, 5.74) is 0.674. The summed E-state index contributed by atoms with van der Waals surface area (Å²) >= 11 is 0. The van der Waals surface area contributed by atoms with Gasteiger partial charge in [0.2, 0.25) is 0 Å². The lowest BCUT2D eigenvalue weighted by atomic mass is 10.2. The van der Waals surface area contributed by atoms with E-state index in [-0.39, 0.29) is 18.6 Å². The van der Waals surface area contributed by atoms with Crippen molar-refractivity contribution in [1.82, 2.24) is 9.47 Å². The van der Waals surface area contributed by atoms with E-state index in [1.807, 2.05) is 22.9 Å².